The van der Waals surface area contributed by atoms with Crippen molar-refractivity contribution in [3.8, 4) is 11.8 Å². The molecule has 2 aromatic carbocycles. The van der Waals surface area contributed by atoms with Gasteiger partial charge in [-0.2, -0.15) is 10.4 Å². The predicted molar refractivity (Wildman–Crippen MR) is 214 cm³/mol. The fourth-order valence-electron chi connectivity index (χ4n) is 9.92. The van der Waals surface area contributed by atoms with E-state index in [0.717, 1.165) is 106 Å². The highest BCUT2D eigenvalue weighted by atomic mass is 35.5. The van der Waals surface area contributed by atoms with Crippen LogP contribution in [-0.4, -0.2) is 93.1 Å². The van der Waals surface area contributed by atoms with Crippen LogP contribution in [0.1, 0.15) is 92.7 Å². The van der Waals surface area contributed by atoms with Gasteiger partial charge in [0.1, 0.15) is 11.8 Å². The van der Waals surface area contributed by atoms with Crippen LogP contribution in [-0.2, 0) is 4.79 Å². The van der Waals surface area contributed by atoms with Gasteiger partial charge in [0.05, 0.1) is 40.1 Å². The number of amides is 4. The first-order valence-corrected chi connectivity index (χ1v) is 20.8. The summed E-state index contributed by atoms with van der Waals surface area (Å²) in [5.41, 5.74) is 2.58. The molecule has 2 bridgehead atoms. The molecule has 15 heteroatoms. The zero-order valence-electron chi connectivity index (χ0n) is 31.9. The second-order valence-electron chi connectivity index (χ2n) is 16.3. The minimum Gasteiger partial charge on any atom is -0.490 e. The van der Waals surface area contributed by atoms with E-state index in [4.69, 9.17) is 26.7 Å². The van der Waals surface area contributed by atoms with Gasteiger partial charge >= 0.3 is 6.03 Å². The number of ether oxygens (including phenoxy) is 1. The average Bonchev–Trinajstić information content (AvgIpc) is 3.77. The highest BCUT2D eigenvalue weighted by Gasteiger charge is 2.42. The second-order valence-corrected chi connectivity index (χ2v) is 16.7. The number of rotatable bonds is 9. The summed E-state index contributed by atoms with van der Waals surface area (Å²) in [6.07, 6.45) is 12.0. The molecule has 2 N–H and O–H groups in total. The Hall–Kier alpha value is -5.26. The van der Waals surface area contributed by atoms with Crippen molar-refractivity contribution in [2.24, 2.45) is 5.92 Å². The maximum atomic E-state index is 13.1. The monoisotopic (exact) mass is 790 g/mol. The Bertz CT molecular complexity index is 2180. The van der Waals surface area contributed by atoms with Crippen LogP contribution in [0.15, 0.2) is 54.7 Å². The predicted octanol–water partition coefficient (Wildman–Crippen LogP) is 6.00. The molecule has 4 aromatic rings. The Balaban J connectivity index is 0.738. The summed E-state index contributed by atoms with van der Waals surface area (Å²) in [7, 11) is 0. The number of nitrogens with one attached hydrogen (secondary N) is 2. The largest absolute Gasteiger partial charge is 0.490 e. The lowest BCUT2D eigenvalue weighted by Gasteiger charge is -2.42. The minimum absolute atomic E-state index is 0.0331. The Morgan fingerprint density at radius 3 is 2.42 bits per heavy atom. The number of imide groups is 1. The van der Waals surface area contributed by atoms with Crippen LogP contribution in [0.25, 0.3) is 10.9 Å². The van der Waals surface area contributed by atoms with Crippen LogP contribution >= 0.6 is 11.6 Å². The normalized spacial score (nSPS) is 25.6. The maximum Gasteiger partial charge on any atom is 0.328 e. The van der Waals surface area contributed by atoms with Crippen LogP contribution in [0, 0.1) is 17.2 Å². The summed E-state index contributed by atoms with van der Waals surface area (Å²) < 4.78 is 8.24. The van der Waals surface area contributed by atoms with Gasteiger partial charge in [-0.3, -0.25) is 24.5 Å². The van der Waals surface area contributed by atoms with Gasteiger partial charge in [-0.1, -0.05) is 17.7 Å². The van der Waals surface area contributed by atoms with E-state index in [0.29, 0.717) is 52.6 Å². The molecule has 4 amide bonds. The molecule has 1 aliphatic carbocycles. The molecule has 9 rings (SSSR count). The van der Waals surface area contributed by atoms with E-state index < -0.39 is 0 Å². The van der Waals surface area contributed by atoms with Crippen LogP contribution in [0.4, 0.5) is 16.3 Å². The third-order valence-electron chi connectivity index (χ3n) is 12.7. The highest BCUT2D eigenvalue weighted by molar-refractivity contribution is 6.31. The Morgan fingerprint density at radius 1 is 0.930 bits per heavy atom. The van der Waals surface area contributed by atoms with Gasteiger partial charge < -0.3 is 19.9 Å². The lowest BCUT2D eigenvalue weighted by atomic mass is 9.89. The van der Waals surface area contributed by atoms with E-state index in [1.54, 1.807) is 23.1 Å². The molecule has 0 radical (unpaired) electrons. The lowest BCUT2D eigenvalue weighted by molar-refractivity contribution is -0.120. The van der Waals surface area contributed by atoms with E-state index in [1.165, 1.54) is 0 Å². The van der Waals surface area contributed by atoms with Crippen molar-refractivity contribution in [1.29, 1.82) is 5.26 Å². The molecule has 0 spiro atoms. The number of urea groups is 1. The molecule has 5 fully saturated rings. The van der Waals surface area contributed by atoms with Crippen LogP contribution in [0.5, 0.6) is 5.75 Å². The molecule has 296 valence electrons. The van der Waals surface area contributed by atoms with Crippen molar-refractivity contribution >= 4 is 51.9 Å². The molecule has 6 heterocycles. The first-order chi connectivity index (χ1) is 27.8. The third kappa shape index (κ3) is 7.75. The molecular formula is C42H47ClN10O4. The van der Waals surface area contributed by atoms with E-state index in [2.05, 4.69) is 47.4 Å². The number of nitrogens with zero attached hydrogens (tertiary/aromatic N) is 8. The average molecular weight is 791 g/mol. The van der Waals surface area contributed by atoms with Gasteiger partial charge in [0, 0.05) is 62.2 Å². The smallest absolute Gasteiger partial charge is 0.328 e. The molecular weight excluding hydrogens is 744 g/mol. The Morgan fingerprint density at radius 2 is 1.72 bits per heavy atom. The Kier molecular flexibility index (Phi) is 10.4. The number of benzene rings is 2. The molecule has 4 saturated heterocycles. The van der Waals surface area contributed by atoms with E-state index in [1.807, 2.05) is 30.5 Å². The zero-order valence-corrected chi connectivity index (χ0v) is 32.6. The lowest BCUT2D eigenvalue weighted by Crippen LogP contribution is -2.49. The minimum atomic E-state index is -0.378. The number of carbonyl (C=O) groups is 3. The number of likely N-dealkylation sites (tertiary alicyclic amines) is 1. The number of nitriles is 1. The van der Waals surface area contributed by atoms with Crippen molar-refractivity contribution in [1.82, 2.24) is 35.5 Å². The van der Waals surface area contributed by atoms with Crippen LogP contribution in [0.3, 0.4) is 0 Å². The van der Waals surface area contributed by atoms with Gasteiger partial charge in [-0.25, -0.2) is 4.79 Å². The van der Waals surface area contributed by atoms with Crippen LogP contribution in [0.2, 0.25) is 5.02 Å². The summed E-state index contributed by atoms with van der Waals surface area (Å²) in [6, 6.07) is 17.8. The van der Waals surface area contributed by atoms with Crippen molar-refractivity contribution < 1.29 is 19.1 Å². The van der Waals surface area contributed by atoms with Crippen LogP contribution < -0.4 is 25.2 Å². The first-order valence-electron chi connectivity index (χ1n) is 20.4. The number of carbonyl (C=O) groups excluding carboxylic acids is 3. The third-order valence-corrected chi connectivity index (χ3v) is 13.0. The summed E-state index contributed by atoms with van der Waals surface area (Å²) in [5, 5.41) is 29.8. The standard InChI is InChI=1S/C42H47ClN10O4/c43-35-22-33(9-4-27(35)23-44)57-32-10-5-28(6-11-32)46-41(55)36-12-13-39(49-48-36)52-30-7-8-31(52)21-26(20-30)25-50-17-14-29(15-18-50)53-38-3-1-2-37(34(38)24-45-53)51-19-16-40(54)47-42(51)56/h1-4,9,12-13,22,24,26,28-32H,5-8,10-11,14-21,25H2,(H,46,55)(H,47,54,56). The van der Waals surface area contributed by atoms with Gasteiger partial charge in [-0.05, 0) is 107 Å². The van der Waals surface area contributed by atoms with E-state index in [-0.39, 0.29) is 36.4 Å². The highest BCUT2D eigenvalue weighted by Crippen LogP contribution is 2.42. The van der Waals surface area contributed by atoms with Crippen molar-refractivity contribution in [2.75, 3.05) is 36.0 Å². The summed E-state index contributed by atoms with van der Waals surface area (Å²) >= 11 is 6.17. The SMILES string of the molecule is N#Cc1ccc(OC2CCC(NC(=O)c3ccc(N4C5CCC4CC(CN4CCC(n6ncc7c(N8CCC(=O)NC8=O)cccc76)CC4)C5)nn3)CC2)cc1Cl. The van der Waals surface area contributed by atoms with Crippen molar-refractivity contribution in [3.05, 3.63) is 71.0 Å². The molecule has 57 heavy (non-hydrogen) atoms. The number of piperidine rings is 2. The number of halogens is 1. The molecule has 1 saturated carbocycles. The van der Waals surface area contributed by atoms with Gasteiger partial charge in [-0.15, -0.1) is 10.2 Å². The molecule has 2 unspecified atom stereocenters. The maximum absolute atomic E-state index is 13.1. The number of hydrogen-bond acceptors (Lipinski definition) is 10. The summed E-state index contributed by atoms with van der Waals surface area (Å²) in [4.78, 5) is 44.2. The summed E-state index contributed by atoms with van der Waals surface area (Å²) in [5.74, 6) is 1.72. The van der Waals surface area contributed by atoms with Crippen molar-refractivity contribution in [3.63, 3.8) is 0 Å². The molecule has 5 aliphatic rings. The zero-order chi connectivity index (χ0) is 39.0. The number of fused-ring (bicyclic) bond motifs is 3. The second kappa shape index (κ2) is 15.9. The number of hydrogen-bond donors (Lipinski definition) is 2. The first kappa shape index (κ1) is 37.3. The van der Waals surface area contributed by atoms with E-state index in [9.17, 15) is 14.4 Å². The van der Waals surface area contributed by atoms with Gasteiger partial charge in [0.25, 0.3) is 5.91 Å². The molecule has 2 aromatic heterocycles. The van der Waals surface area contributed by atoms with Gasteiger partial charge in [0.15, 0.2) is 11.5 Å². The van der Waals surface area contributed by atoms with Crippen molar-refractivity contribution in [2.45, 2.75) is 101 Å². The number of aromatic nitrogens is 4. The molecule has 14 nitrogen and oxygen atoms in total. The van der Waals surface area contributed by atoms with E-state index >= 15 is 0 Å². The fraction of sp³-hybridized carbons (Fsp3) is 0.500. The molecule has 2 atom stereocenters. The quantitative estimate of drug-likeness (QED) is 0.206. The van der Waals surface area contributed by atoms with Gasteiger partial charge in [0.2, 0.25) is 5.91 Å². The summed E-state index contributed by atoms with van der Waals surface area (Å²) in [6.45, 7) is 3.52. The topological polar surface area (TPSA) is 162 Å². The number of anilines is 2. The molecule has 4 aliphatic heterocycles. The fourth-order valence-corrected chi connectivity index (χ4v) is 10.1. The Labute approximate surface area is 336 Å².